The molecule has 158 valence electrons. The van der Waals surface area contributed by atoms with Gasteiger partial charge in [0.1, 0.15) is 11.3 Å². The highest BCUT2D eigenvalue weighted by Gasteiger charge is 2.24. The van der Waals surface area contributed by atoms with Gasteiger partial charge in [0.2, 0.25) is 0 Å². The van der Waals surface area contributed by atoms with Gasteiger partial charge in [-0.2, -0.15) is 0 Å². The smallest absolute Gasteiger partial charge is 0.339 e. The number of piperidine rings is 1. The number of amides is 1. The molecule has 0 aliphatic carbocycles. The Morgan fingerprint density at radius 2 is 2.10 bits per heavy atom. The summed E-state index contributed by atoms with van der Waals surface area (Å²) in [5.74, 6) is 0.970. The van der Waals surface area contributed by atoms with E-state index in [9.17, 15) is 9.59 Å². The van der Waals surface area contributed by atoms with E-state index < -0.39 is 0 Å². The molecule has 1 aliphatic heterocycles. The normalized spacial score (nSPS) is 16.8. The zero-order valence-corrected chi connectivity index (χ0v) is 17.7. The third-order valence-electron chi connectivity index (χ3n) is 5.91. The first-order valence-corrected chi connectivity index (χ1v) is 10.3. The summed E-state index contributed by atoms with van der Waals surface area (Å²) in [5.41, 5.74) is 2.44. The molecule has 0 saturated carbocycles. The predicted octanol–water partition coefficient (Wildman–Crippen LogP) is 3.23. The van der Waals surface area contributed by atoms with Gasteiger partial charge in [0.05, 0.1) is 11.7 Å². The fourth-order valence-electron chi connectivity index (χ4n) is 4.17. The molecule has 7 nitrogen and oxygen atoms in total. The van der Waals surface area contributed by atoms with Crippen LogP contribution in [-0.2, 0) is 11.3 Å². The Hall–Kier alpha value is -3.09. The number of hydrogen-bond acceptors (Lipinski definition) is 5. The standard InChI is InChI=1S/C23H27N3O4/c1-15-9-19(22-16(2)17(3)23(28)30-20(22)10-15)29-13-21(27)26-7-4-5-18(12-26)11-25-8-6-24-14-25/h6,8-10,14,18H,4-5,7,11-13H2,1-3H3. The molecule has 1 atom stereocenters. The van der Waals surface area contributed by atoms with Crippen LogP contribution in [-0.4, -0.2) is 40.1 Å². The fraction of sp³-hybridized carbons (Fsp3) is 0.435. The van der Waals surface area contributed by atoms with Gasteiger partial charge in [-0.25, -0.2) is 9.78 Å². The van der Waals surface area contributed by atoms with E-state index in [4.69, 9.17) is 9.15 Å². The van der Waals surface area contributed by atoms with Crippen molar-refractivity contribution in [2.75, 3.05) is 19.7 Å². The molecule has 1 fully saturated rings. The Balaban J connectivity index is 1.48. The van der Waals surface area contributed by atoms with Gasteiger partial charge < -0.3 is 18.6 Å². The summed E-state index contributed by atoms with van der Waals surface area (Å²) in [5, 5.41) is 0.752. The monoisotopic (exact) mass is 409 g/mol. The van der Waals surface area contributed by atoms with Crippen LogP contribution in [0, 0.1) is 26.7 Å². The van der Waals surface area contributed by atoms with Crippen LogP contribution in [0.5, 0.6) is 5.75 Å². The van der Waals surface area contributed by atoms with Crippen molar-refractivity contribution in [1.29, 1.82) is 0 Å². The molecule has 0 spiro atoms. The van der Waals surface area contributed by atoms with Gasteiger partial charge in [-0.1, -0.05) is 0 Å². The average Bonchev–Trinajstić information content (AvgIpc) is 3.23. The summed E-state index contributed by atoms with van der Waals surface area (Å²) in [7, 11) is 0. The zero-order valence-electron chi connectivity index (χ0n) is 17.7. The van der Waals surface area contributed by atoms with Crippen LogP contribution in [0.15, 0.2) is 40.1 Å². The van der Waals surface area contributed by atoms with Crippen molar-refractivity contribution in [3.05, 3.63) is 58.0 Å². The van der Waals surface area contributed by atoms with Gasteiger partial charge in [0.15, 0.2) is 6.61 Å². The number of aromatic nitrogens is 2. The summed E-state index contributed by atoms with van der Waals surface area (Å²) >= 11 is 0. The molecule has 1 saturated heterocycles. The van der Waals surface area contributed by atoms with Crippen molar-refractivity contribution >= 4 is 16.9 Å². The van der Waals surface area contributed by atoms with Crippen LogP contribution in [0.3, 0.4) is 0 Å². The number of aryl methyl sites for hydroxylation is 2. The highest BCUT2D eigenvalue weighted by Crippen LogP contribution is 2.31. The topological polar surface area (TPSA) is 77.6 Å². The number of carbonyl (C=O) groups is 1. The van der Waals surface area contributed by atoms with E-state index in [-0.39, 0.29) is 18.1 Å². The number of nitrogens with zero attached hydrogens (tertiary/aromatic N) is 3. The van der Waals surface area contributed by atoms with E-state index in [2.05, 4.69) is 9.55 Å². The number of imidazole rings is 1. The number of fused-ring (bicyclic) bond motifs is 1. The minimum atomic E-state index is -0.343. The molecule has 7 heteroatoms. The Bertz CT molecular complexity index is 1120. The van der Waals surface area contributed by atoms with Crippen LogP contribution in [0.1, 0.15) is 29.5 Å². The number of hydrogen-bond donors (Lipinski definition) is 0. The number of carbonyl (C=O) groups excluding carboxylic acids is 1. The van der Waals surface area contributed by atoms with E-state index in [1.54, 1.807) is 13.1 Å². The van der Waals surface area contributed by atoms with Crippen molar-refractivity contribution in [1.82, 2.24) is 14.5 Å². The van der Waals surface area contributed by atoms with Gasteiger partial charge >= 0.3 is 5.63 Å². The molecule has 0 bridgehead atoms. The average molecular weight is 409 g/mol. The minimum absolute atomic E-state index is 0.0215. The molecule has 3 aromatic rings. The third-order valence-corrected chi connectivity index (χ3v) is 5.91. The van der Waals surface area contributed by atoms with Gasteiger partial charge in [-0.05, 0) is 62.8 Å². The molecule has 1 aromatic carbocycles. The van der Waals surface area contributed by atoms with Crippen LogP contribution >= 0.6 is 0 Å². The lowest BCUT2D eigenvalue weighted by Gasteiger charge is -2.33. The Morgan fingerprint density at radius 1 is 1.27 bits per heavy atom. The lowest BCUT2D eigenvalue weighted by Crippen LogP contribution is -2.43. The molecule has 0 N–H and O–H groups in total. The second kappa shape index (κ2) is 8.34. The van der Waals surface area contributed by atoms with Crippen LogP contribution < -0.4 is 10.4 Å². The van der Waals surface area contributed by atoms with Crippen molar-refractivity contribution in [2.45, 2.75) is 40.2 Å². The number of rotatable bonds is 5. The maximum atomic E-state index is 12.9. The second-order valence-corrected chi connectivity index (χ2v) is 8.17. The van der Waals surface area contributed by atoms with Gasteiger partial charge in [-0.3, -0.25) is 4.79 Å². The lowest BCUT2D eigenvalue weighted by molar-refractivity contribution is -0.135. The van der Waals surface area contributed by atoms with Crippen molar-refractivity contribution in [3.8, 4) is 5.75 Å². The van der Waals surface area contributed by atoms with E-state index >= 15 is 0 Å². The summed E-state index contributed by atoms with van der Waals surface area (Å²) in [6.07, 6.45) is 7.63. The van der Waals surface area contributed by atoms with Crippen LogP contribution in [0.4, 0.5) is 0 Å². The molecule has 1 aliphatic rings. The first-order chi connectivity index (χ1) is 14.4. The first-order valence-electron chi connectivity index (χ1n) is 10.3. The lowest BCUT2D eigenvalue weighted by atomic mass is 9.98. The molecule has 2 aromatic heterocycles. The molecule has 1 amide bonds. The second-order valence-electron chi connectivity index (χ2n) is 8.17. The summed E-state index contributed by atoms with van der Waals surface area (Å²) in [4.78, 5) is 30.9. The molecular weight excluding hydrogens is 382 g/mol. The van der Waals surface area contributed by atoms with Gasteiger partial charge in [0.25, 0.3) is 5.91 Å². The highest BCUT2D eigenvalue weighted by molar-refractivity contribution is 5.88. The van der Waals surface area contributed by atoms with E-state index in [0.717, 1.165) is 49.0 Å². The molecular formula is C23H27N3O4. The number of likely N-dealkylation sites (tertiary alicyclic amines) is 1. The minimum Gasteiger partial charge on any atom is -0.483 e. The molecule has 30 heavy (non-hydrogen) atoms. The quantitative estimate of drug-likeness (QED) is 0.605. The summed E-state index contributed by atoms with van der Waals surface area (Å²) in [6.45, 7) is 7.84. The molecule has 4 rings (SSSR count). The Labute approximate surface area is 175 Å². The van der Waals surface area contributed by atoms with Gasteiger partial charge in [-0.15, -0.1) is 0 Å². The van der Waals surface area contributed by atoms with E-state index in [0.29, 0.717) is 22.8 Å². The van der Waals surface area contributed by atoms with E-state index in [1.165, 1.54) is 0 Å². The summed E-state index contributed by atoms with van der Waals surface area (Å²) in [6, 6.07) is 3.71. The highest BCUT2D eigenvalue weighted by atomic mass is 16.5. The van der Waals surface area contributed by atoms with Crippen molar-refractivity contribution < 1.29 is 13.9 Å². The first kappa shape index (κ1) is 20.2. The van der Waals surface area contributed by atoms with E-state index in [1.807, 2.05) is 43.4 Å². The maximum Gasteiger partial charge on any atom is 0.339 e. The fourth-order valence-corrected chi connectivity index (χ4v) is 4.17. The maximum absolute atomic E-state index is 12.9. The largest absolute Gasteiger partial charge is 0.483 e. The van der Waals surface area contributed by atoms with Crippen LogP contribution in [0.2, 0.25) is 0 Å². The molecule has 1 unspecified atom stereocenters. The van der Waals surface area contributed by atoms with Gasteiger partial charge in [0, 0.05) is 37.6 Å². The predicted molar refractivity (Wildman–Crippen MR) is 114 cm³/mol. The number of benzene rings is 1. The molecule has 0 radical (unpaired) electrons. The van der Waals surface area contributed by atoms with Crippen molar-refractivity contribution in [2.24, 2.45) is 5.92 Å². The van der Waals surface area contributed by atoms with Crippen LogP contribution in [0.25, 0.3) is 11.0 Å². The Kier molecular flexibility index (Phi) is 5.61. The zero-order chi connectivity index (χ0) is 21.3. The Morgan fingerprint density at radius 3 is 2.87 bits per heavy atom. The molecule has 3 heterocycles. The van der Waals surface area contributed by atoms with Crippen molar-refractivity contribution in [3.63, 3.8) is 0 Å². The third kappa shape index (κ3) is 4.10. The summed E-state index contributed by atoms with van der Waals surface area (Å²) < 4.78 is 13.5. The SMILES string of the molecule is Cc1cc(OCC(=O)N2CCCC(Cn3ccnc3)C2)c2c(C)c(C)c(=O)oc2c1. The number of ether oxygens (including phenoxy) is 1.